The molecule has 1 fully saturated rings. The summed E-state index contributed by atoms with van der Waals surface area (Å²) in [6, 6.07) is 16.0. The van der Waals surface area contributed by atoms with Gasteiger partial charge in [0.05, 0.1) is 19.8 Å². The molecule has 0 bridgehead atoms. The van der Waals surface area contributed by atoms with Crippen molar-refractivity contribution in [2.45, 2.75) is 32.1 Å². The summed E-state index contributed by atoms with van der Waals surface area (Å²) in [5, 5.41) is 6.64. The van der Waals surface area contributed by atoms with Crippen molar-refractivity contribution in [2.24, 2.45) is 4.99 Å². The molecular weight excluding hydrogens is 394 g/mol. The van der Waals surface area contributed by atoms with Crippen molar-refractivity contribution < 1.29 is 18.9 Å². The van der Waals surface area contributed by atoms with Gasteiger partial charge in [0, 0.05) is 33.4 Å². The van der Waals surface area contributed by atoms with Crippen LogP contribution in [0.25, 0.3) is 0 Å². The second-order valence-corrected chi connectivity index (χ2v) is 7.32. The van der Waals surface area contributed by atoms with Crippen molar-refractivity contribution in [1.82, 2.24) is 10.6 Å². The number of aliphatic imine (C=N–C) groups is 1. The molecule has 1 aliphatic heterocycles. The highest BCUT2D eigenvalue weighted by Crippen LogP contribution is 2.28. The van der Waals surface area contributed by atoms with E-state index in [1.165, 1.54) is 0 Å². The summed E-state index contributed by atoms with van der Waals surface area (Å²) in [5.41, 5.74) is 2.20. The zero-order valence-electron chi connectivity index (χ0n) is 18.4. The van der Waals surface area contributed by atoms with Gasteiger partial charge < -0.3 is 29.6 Å². The van der Waals surface area contributed by atoms with Gasteiger partial charge in [-0.15, -0.1) is 0 Å². The first-order valence-corrected chi connectivity index (χ1v) is 10.8. The maximum absolute atomic E-state index is 5.93. The third-order valence-corrected chi connectivity index (χ3v) is 5.00. The van der Waals surface area contributed by atoms with E-state index in [4.69, 9.17) is 18.9 Å². The highest BCUT2D eigenvalue weighted by Gasteiger charge is 2.15. The summed E-state index contributed by atoms with van der Waals surface area (Å²) < 4.78 is 22.5. The second-order valence-electron chi connectivity index (χ2n) is 7.32. The van der Waals surface area contributed by atoms with Gasteiger partial charge in [-0.1, -0.05) is 36.4 Å². The molecule has 2 aromatic carbocycles. The Hall–Kier alpha value is -2.77. The number of hydrogen-bond donors (Lipinski definition) is 2. The molecule has 1 heterocycles. The first-order chi connectivity index (χ1) is 15.3. The molecule has 1 atom stereocenters. The van der Waals surface area contributed by atoms with Gasteiger partial charge in [-0.25, -0.2) is 0 Å². The van der Waals surface area contributed by atoms with E-state index >= 15 is 0 Å². The monoisotopic (exact) mass is 427 g/mol. The second kappa shape index (κ2) is 12.8. The van der Waals surface area contributed by atoms with Crippen molar-refractivity contribution in [1.29, 1.82) is 0 Å². The van der Waals surface area contributed by atoms with Crippen LogP contribution in [0.5, 0.6) is 11.5 Å². The number of hydrogen-bond acceptors (Lipinski definition) is 5. The molecule has 0 aromatic heterocycles. The van der Waals surface area contributed by atoms with Crippen LogP contribution in [-0.2, 0) is 22.6 Å². The zero-order chi connectivity index (χ0) is 21.7. The van der Waals surface area contributed by atoms with Gasteiger partial charge in [0.1, 0.15) is 6.61 Å². The lowest BCUT2D eigenvalue weighted by Gasteiger charge is -2.15. The van der Waals surface area contributed by atoms with Gasteiger partial charge in [-0.05, 0) is 36.1 Å². The van der Waals surface area contributed by atoms with Gasteiger partial charge in [-0.3, -0.25) is 4.99 Å². The summed E-state index contributed by atoms with van der Waals surface area (Å²) in [4.78, 5) is 4.28. The van der Waals surface area contributed by atoms with Crippen LogP contribution in [0.3, 0.4) is 0 Å². The van der Waals surface area contributed by atoms with Crippen molar-refractivity contribution in [2.75, 3.05) is 40.5 Å². The third-order valence-electron chi connectivity index (χ3n) is 5.00. The van der Waals surface area contributed by atoms with E-state index in [1.54, 1.807) is 14.2 Å². The van der Waals surface area contributed by atoms with Crippen LogP contribution in [0, 0.1) is 0 Å². The Labute approximate surface area is 184 Å². The van der Waals surface area contributed by atoms with Crippen LogP contribution in [0.1, 0.15) is 24.0 Å². The largest absolute Gasteiger partial charge is 0.493 e. The van der Waals surface area contributed by atoms with E-state index in [9.17, 15) is 0 Å². The van der Waals surface area contributed by atoms with Crippen LogP contribution in [0.4, 0.5) is 0 Å². The molecule has 1 unspecified atom stereocenters. The van der Waals surface area contributed by atoms with Crippen LogP contribution >= 0.6 is 0 Å². The highest BCUT2D eigenvalue weighted by atomic mass is 16.5. The minimum Gasteiger partial charge on any atom is -0.493 e. The molecule has 0 amide bonds. The Bertz CT molecular complexity index is 808. The van der Waals surface area contributed by atoms with Crippen molar-refractivity contribution in [3.8, 4) is 11.5 Å². The lowest BCUT2D eigenvalue weighted by Crippen LogP contribution is -2.37. The number of methoxy groups -OCH3 is 1. The quantitative estimate of drug-likeness (QED) is 0.326. The standard InChI is InChI=1S/C24H33N3O4/c1-25-24(26-12-6-13-30-21-11-14-29-18-21)27-16-20-9-10-22(23(15-20)28-2)31-17-19-7-4-3-5-8-19/h3-5,7-10,15,21H,6,11-14,16-18H2,1-2H3,(H2,25,26,27). The lowest BCUT2D eigenvalue weighted by atomic mass is 10.2. The molecule has 1 aliphatic rings. The number of nitrogens with zero attached hydrogens (tertiary/aromatic N) is 1. The average molecular weight is 428 g/mol. The number of ether oxygens (including phenoxy) is 4. The maximum Gasteiger partial charge on any atom is 0.191 e. The molecule has 168 valence electrons. The fourth-order valence-electron chi connectivity index (χ4n) is 3.26. The summed E-state index contributed by atoms with van der Waals surface area (Å²) in [5.74, 6) is 2.20. The number of guanidine groups is 1. The van der Waals surface area contributed by atoms with Crippen LogP contribution < -0.4 is 20.1 Å². The average Bonchev–Trinajstić information content (AvgIpc) is 3.34. The molecule has 3 rings (SSSR count). The van der Waals surface area contributed by atoms with Gasteiger partial charge in [0.15, 0.2) is 17.5 Å². The zero-order valence-corrected chi connectivity index (χ0v) is 18.4. The first-order valence-electron chi connectivity index (χ1n) is 10.8. The van der Waals surface area contributed by atoms with Crippen molar-refractivity contribution in [3.63, 3.8) is 0 Å². The fraction of sp³-hybridized carbons (Fsp3) is 0.458. The Kier molecular flexibility index (Phi) is 9.47. The van der Waals surface area contributed by atoms with E-state index in [1.807, 2.05) is 48.5 Å². The summed E-state index contributed by atoms with van der Waals surface area (Å²) in [6.07, 6.45) is 2.17. The van der Waals surface area contributed by atoms with Crippen LogP contribution in [-0.4, -0.2) is 52.6 Å². The first kappa shape index (κ1) is 22.9. The highest BCUT2D eigenvalue weighted by molar-refractivity contribution is 5.79. The van der Waals surface area contributed by atoms with E-state index in [0.717, 1.165) is 62.0 Å². The number of nitrogens with one attached hydrogen (secondary N) is 2. The predicted molar refractivity (Wildman–Crippen MR) is 122 cm³/mol. The molecule has 0 radical (unpaired) electrons. The van der Waals surface area contributed by atoms with Gasteiger partial charge in [0.25, 0.3) is 0 Å². The van der Waals surface area contributed by atoms with Gasteiger partial charge in [0.2, 0.25) is 0 Å². The van der Waals surface area contributed by atoms with Gasteiger partial charge >= 0.3 is 0 Å². The molecule has 2 N–H and O–H groups in total. The number of rotatable bonds is 11. The molecule has 2 aromatic rings. The SMILES string of the molecule is CN=C(NCCCOC1CCOC1)NCc1ccc(OCc2ccccc2)c(OC)c1. The minimum absolute atomic E-state index is 0.257. The Morgan fingerprint density at radius 1 is 1.10 bits per heavy atom. The molecule has 0 aliphatic carbocycles. The summed E-state index contributed by atoms with van der Waals surface area (Å²) in [6.45, 7) is 4.18. The van der Waals surface area contributed by atoms with E-state index in [2.05, 4.69) is 15.6 Å². The normalized spacial score (nSPS) is 16.2. The minimum atomic E-state index is 0.257. The van der Waals surface area contributed by atoms with Crippen LogP contribution in [0.15, 0.2) is 53.5 Å². The Morgan fingerprint density at radius 2 is 1.97 bits per heavy atom. The number of benzene rings is 2. The molecule has 7 heteroatoms. The van der Waals surface area contributed by atoms with E-state index in [-0.39, 0.29) is 6.10 Å². The van der Waals surface area contributed by atoms with Gasteiger partial charge in [-0.2, -0.15) is 0 Å². The van der Waals surface area contributed by atoms with Crippen molar-refractivity contribution >= 4 is 5.96 Å². The topological polar surface area (TPSA) is 73.3 Å². The Balaban J connectivity index is 1.40. The molecule has 0 saturated carbocycles. The summed E-state index contributed by atoms with van der Waals surface area (Å²) in [7, 11) is 3.42. The smallest absolute Gasteiger partial charge is 0.191 e. The Morgan fingerprint density at radius 3 is 2.71 bits per heavy atom. The third kappa shape index (κ3) is 7.77. The molecule has 7 nitrogen and oxygen atoms in total. The fourth-order valence-corrected chi connectivity index (χ4v) is 3.26. The van der Waals surface area contributed by atoms with E-state index < -0.39 is 0 Å². The molecule has 31 heavy (non-hydrogen) atoms. The molecular formula is C24H33N3O4. The lowest BCUT2D eigenvalue weighted by molar-refractivity contribution is 0.0420. The van der Waals surface area contributed by atoms with Crippen LogP contribution in [0.2, 0.25) is 0 Å². The van der Waals surface area contributed by atoms with Crippen molar-refractivity contribution in [3.05, 3.63) is 59.7 Å². The van der Waals surface area contributed by atoms with E-state index in [0.29, 0.717) is 18.9 Å². The maximum atomic E-state index is 5.93. The molecule has 0 spiro atoms. The predicted octanol–water partition coefficient (Wildman–Crippen LogP) is 3.13. The molecule has 1 saturated heterocycles. The summed E-state index contributed by atoms with van der Waals surface area (Å²) >= 11 is 0.